The van der Waals surface area contributed by atoms with Gasteiger partial charge in [0.15, 0.2) is 11.5 Å². The molecule has 0 fully saturated rings. The molecule has 23 heavy (non-hydrogen) atoms. The summed E-state index contributed by atoms with van der Waals surface area (Å²) in [5.41, 5.74) is 0.271. The summed E-state index contributed by atoms with van der Waals surface area (Å²) in [5, 5.41) is 11.8. The van der Waals surface area contributed by atoms with E-state index in [1.54, 1.807) is 18.2 Å². The Bertz CT molecular complexity index is 542. The molecule has 0 aliphatic rings. The molecule has 0 aliphatic heterocycles. The van der Waals surface area contributed by atoms with Crippen LogP contribution in [0.1, 0.15) is 44.0 Å². The zero-order valence-electron chi connectivity index (χ0n) is 14.1. The Morgan fingerprint density at radius 2 is 2.00 bits per heavy atom. The minimum atomic E-state index is -1.05. The molecule has 2 N–H and O–H groups in total. The van der Waals surface area contributed by atoms with Gasteiger partial charge in [-0.25, -0.2) is 4.79 Å². The number of carbonyl (C=O) groups excluding carboxylic acids is 1. The molecule has 0 radical (unpaired) electrons. The highest BCUT2D eigenvalue weighted by Crippen LogP contribution is 2.31. The molecule has 0 saturated heterocycles. The number of hydrogen-bond acceptors (Lipinski definition) is 4. The first-order chi connectivity index (χ1) is 10.9. The van der Waals surface area contributed by atoms with Crippen LogP contribution in [0, 0.1) is 5.92 Å². The molecule has 0 heterocycles. The number of ether oxygens (including phenoxy) is 2. The van der Waals surface area contributed by atoms with Crippen LogP contribution in [0.4, 0.5) is 0 Å². The zero-order valence-corrected chi connectivity index (χ0v) is 14.1. The lowest BCUT2D eigenvalue weighted by Gasteiger charge is -2.18. The van der Waals surface area contributed by atoms with Gasteiger partial charge in [0.25, 0.3) is 5.91 Å². The van der Waals surface area contributed by atoms with Crippen LogP contribution in [0.5, 0.6) is 11.5 Å². The zero-order chi connectivity index (χ0) is 17.4. The molecule has 1 atom stereocenters. The number of nitrogens with one attached hydrogen (secondary N) is 1. The maximum Gasteiger partial charge on any atom is 0.326 e. The van der Waals surface area contributed by atoms with Crippen LogP contribution in [-0.4, -0.2) is 36.7 Å². The number of aliphatic carboxylic acids is 1. The van der Waals surface area contributed by atoms with E-state index in [4.69, 9.17) is 9.47 Å². The van der Waals surface area contributed by atoms with E-state index in [-0.39, 0.29) is 11.5 Å². The molecule has 6 heteroatoms. The molecule has 0 saturated carbocycles. The third-order valence-electron chi connectivity index (χ3n) is 3.20. The minimum Gasteiger partial charge on any atom is -0.493 e. The van der Waals surface area contributed by atoms with Crippen molar-refractivity contribution < 1.29 is 24.2 Å². The SMILES string of the molecule is CCCOc1c(OC)cccc1C(=O)NC(CC(C)C)C(=O)O. The average molecular weight is 323 g/mol. The van der Waals surface area contributed by atoms with E-state index in [9.17, 15) is 14.7 Å². The van der Waals surface area contributed by atoms with Gasteiger partial charge in [-0.05, 0) is 30.9 Å². The molecule has 128 valence electrons. The second-order valence-corrected chi connectivity index (χ2v) is 5.68. The van der Waals surface area contributed by atoms with E-state index in [0.717, 1.165) is 6.42 Å². The first-order valence-corrected chi connectivity index (χ1v) is 7.74. The third kappa shape index (κ3) is 5.47. The largest absolute Gasteiger partial charge is 0.493 e. The van der Waals surface area contributed by atoms with Gasteiger partial charge in [-0.15, -0.1) is 0 Å². The monoisotopic (exact) mass is 323 g/mol. The van der Waals surface area contributed by atoms with Crippen molar-refractivity contribution in [3.05, 3.63) is 23.8 Å². The number of carboxylic acids is 1. The van der Waals surface area contributed by atoms with E-state index in [1.165, 1.54) is 7.11 Å². The molecule has 1 aromatic rings. The van der Waals surface area contributed by atoms with Gasteiger partial charge in [-0.3, -0.25) is 4.79 Å². The first kappa shape index (κ1) is 18.8. The van der Waals surface area contributed by atoms with Gasteiger partial charge < -0.3 is 19.9 Å². The Balaban J connectivity index is 3.03. The summed E-state index contributed by atoms with van der Waals surface area (Å²) in [6.07, 6.45) is 1.14. The van der Waals surface area contributed by atoms with Crippen molar-refractivity contribution in [2.24, 2.45) is 5.92 Å². The Labute approximate surface area is 136 Å². The Morgan fingerprint density at radius 3 is 2.52 bits per heavy atom. The van der Waals surface area contributed by atoms with Crippen molar-refractivity contribution in [2.75, 3.05) is 13.7 Å². The van der Waals surface area contributed by atoms with Crippen molar-refractivity contribution >= 4 is 11.9 Å². The van der Waals surface area contributed by atoms with Crippen LogP contribution >= 0.6 is 0 Å². The molecule has 0 aromatic heterocycles. The number of para-hydroxylation sites is 1. The van der Waals surface area contributed by atoms with Crippen LogP contribution in [0.15, 0.2) is 18.2 Å². The lowest BCUT2D eigenvalue weighted by Crippen LogP contribution is -2.41. The number of amides is 1. The molecule has 6 nitrogen and oxygen atoms in total. The highest BCUT2D eigenvalue weighted by molar-refractivity contribution is 5.99. The first-order valence-electron chi connectivity index (χ1n) is 7.74. The molecule has 1 aromatic carbocycles. The third-order valence-corrected chi connectivity index (χ3v) is 3.20. The lowest BCUT2D eigenvalue weighted by molar-refractivity contribution is -0.139. The van der Waals surface area contributed by atoms with Gasteiger partial charge in [0.2, 0.25) is 0 Å². The summed E-state index contributed by atoms with van der Waals surface area (Å²) in [4.78, 5) is 23.8. The molecule has 0 aliphatic carbocycles. The minimum absolute atomic E-state index is 0.150. The van der Waals surface area contributed by atoms with E-state index >= 15 is 0 Å². The summed E-state index contributed by atoms with van der Waals surface area (Å²) >= 11 is 0. The van der Waals surface area contributed by atoms with Crippen LogP contribution in [0.2, 0.25) is 0 Å². The Morgan fingerprint density at radius 1 is 1.30 bits per heavy atom. The maximum absolute atomic E-state index is 12.5. The second-order valence-electron chi connectivity index (χ2n) is 5.68. The number of carboxylic acid groups (broad SMARTS) is 1. The van der Waals surface area contributed by atoms with Gasteiger partial charge in [0.1, 0.15) is 6.04 Å². The fourth-order valence-corrected chi connectivity index (χ4v) is 2.14. The van der Waals surface area contributed by atoms with E-state index in [2.05, 4.69) is 5.32 Å². The second kappa shape index (κ2) is 9.02. The van der Waals surface area contributed by atoms with Gasteiger partial charge in [0, 0.05) is 0 Å². The fourth-order valence-electron chi connectivity index (χ4n) is 2.14. The van der Waals surface area contributed by atoms with Crippen molar-refractivity contribution in [2.45, 2.75) is 39.7 Å². The number of carbonyl (C=O) groups is 2. The standard InChI is InChI=1S/C17H25NO5/c1-5-9-23-15-12(7-6-8-14(15)22-4)16(19)18-13(17(20)21)10-11(2)3/h6-8,11,13H,5,9-10H2,1-4H3,(H,18,19)(H,20,21). The number of methoxy groups -OCH3 is 1. The smallest absolute Gasteiger partial charge is 0.326 e. The van der Waals surface area contributed by atoms with Crippen molar-refractivity contribution in [1.29, 1.82) is 0 Å². The molecule has 1 unspecified atom stereocenters. The quantitative estimate of drug-likeness (QED) is 0.730. The van der Waals surface area contributed by atoms with Crippen LogP contribution in [-0.2, 0) is 4.79 Å². The molecule has 0 bridgehead atoms. The van der Waals surface area contributed by atoms with Crippen LogP contribution in [0.25, 0.3) is 0 Å². The van der Waals surface area contributed by atoms with Gasteiger partial charge in [-0.2, -0.15) is 0 Å². The molecular weight excluding hydrogens is 298 g/mol. The topological polar surface area (TPSA) is 84.9 Å². The van der Waals surface area contributed by atoms with Gasteiger partial charge >= 0.3 is 5.97 Å². The normalized spacial score (nSPS) is 11.9. The Hall–Kier alpha value is -2.24. The summed E-state index contributed by atoms with van der Waals surface area (Å²) < 4.78 is 10.8. The van der Waals surface area contributed by atoms with E-state index in [0.29, 0.717) is 24.5 Å². The Kier molecular flexibility index (Phi) is 7.38. The number of rotatable bonds is 9. The summed E-state index contributed by atoms with van der Waals surface area (Å²) in [5.74, 6) is -0.601. The summed E-state index contributed by atoms with van der Waals surface area (Å²) in [6.45, 7) is 6.21. The highest BCUT2D eigenvalue weighted by Gasteiger charge is 2.24. The van der Waals surface area contributed by atoms with Crippen LogP contribution < -0.4 is 14.8 Å². The average Bonchev–Trinajstić information content (AvgIpc) is 2.51. The van der Waals surface area contributed by atoms with Crippen molar-refractivity contribution in [3.8, 4) is 11.5 Å². The molecular formula is C17H25NO5. The maximum atomic E-state index is 12.5. The molecule has 1 rings (SSSR count). The predicted octanol–water partition coefficient (Wildman–Crippen LogP) is 2.71. The number of benzene rings is 1. The fraction of sp³-hybridized carbons (Fsp3) is 0.529. The lowest BCUT2D eigenvalue weighted by atomic mass is 10.0. The van der Waals surface area contributed by atoms with Gasteiger partial charge in [0.05, 0.1) is 19.3 Å². The summed E-state index contributed by atoms with van der Waals surface area (Å²) in [7, 11) is 1.49. The van der Waals surface area contributed by atoms with Crippen molar-refractivity contribution in [3.63, 3.8) is 0 Å². The molecule has 0 spiro atoms. The highest BCUT2D eigenvalue weighted by atomic mass is 16.5. The van der Waals surface area contributed by atoms with E-state index < -0.39 is 17.9 Å². The predicted molar refractivity (Wildman–Crippen MR) is 87.1 cm³/mol. The molecule has 1 amide bonds. The van der Waals surface area contributed by atoms with Crippen LogP contribution in [0.3, 0.4) is 0 Å². The van der Waals surface area contributed by atoms with Gasteiger partial charge in [-0.1, -0.05) is 26.8 Å². The van der Waals surface area contributed by atoms with E-state index in [1.807, 2.05) is 20.8 Å². The summed E-state index contributed by atoms with van der Waals surface area (Å²) in [6, 6.07) is 4.03. The van der Waals surface area contributed by atoms with Crippen molar-refractivity contribution in [1.82, 2.24) is 5.32 Å². The number of hydrogen-bond donors (Lipinski definition) is 2.